The van der Waals surface area contributed by atoms with Crippen LogP contribution >= 0.6 is 0 Å². The van der Waals surface area contributed by atoms with E-state index in [0.717, 1.165) is 31.9 Å². The van der Waals surface area contributed by atoms with Crippen LogP contribution in [0.1, 0.15) is 19.2 Å². The van der Waals surface area contributed by atoms with Gasteiger partial charge in [0.2, 0.25) is 0 Å². The van der Waals surface area contributed by atoms with Crippen molar-refractivity contribution in [1.29, 1.82) is 0 Å². The molecule has 0 aromatic carbocycles. The zero-order valence-electron chi connectivity index (χ0n) is 9.61. The molecule has 0 aliphatic rings. The summed E-state index contributed by atoms with van der Waals surface area (Å²) >= 11 is 0. The molecule has 1 unspecified atom stereocenters. The Morgan fingerprint density at radius 3 is 3.00 bits per heavy atom. The van der Waals surface area contributed by atoms with E-state index in [2.05, 4.69) is 21.8 Å². The highest BCUT2D eigenvalue weighted by Crippen LogP contribution is 1.98. The van der Waals surface area contributed by atoms with Gasteiger partial charge in [-0.05, 0) is 25.8 Å². The smallest absolute Gasteiger partial charge is 0.105 e. The summed E-state index contributed by atoms with van der Waals surface area (Å²) in [6, 6.07) is 0. The van der Waals surface area contributed by atoms with E-state index in [9.17, 15) is 0 Å². The fraction of sp³-hybridized carbons (Fsp3) is 0.727. The van der Waals surface area contributed by atoms with Crippen LogP contribution in [0.5, 0.6) is 0 Å². The summed E-state index contributed by atoms with van der Waals surface area (Å²) in [5.41, 5.74) is 0. The molecule has 4 nitrogen and oxygen atoms in total. The van der Waals surface area contributed by atoms with E-state index in [1.807, 2.05) is 19.3 Å². The lowest BCUT2D eigenvalue weighted by atomic mass is 10.1. The van der Waals surface area contributed by atoms with Crippen LogP contribution in [0.25, 0.3) is 0 Å². The van der Waals surface area contributed by atoms with Gasteiger partial charge in [0.05, 0.1) is 0 Å². The van der Waals surface area contributed by atoms with Crippen molar-refractivity contribution in [3.63, 3.8) is 0 Å². The standard InChI is InChI=1S/C11H21N3O/c1-10(3-8-15)9-12-4-6-14-7-5-13-11(14)2/h5,7,10,12,15H,3-4,6,8-9H2,1-2H3. The van der Waals surface area contributed by atoms with Gasteiger partial charge in [-0.3, -0.25) is 0 Å². The molecule has 0 aliphatic heterocycles. The van der Waals surface area contributed by atoms with Gasteiger partial charge in [-0.2, -0.15) is 0 Å². The van der Waals surface area contributed by atoms with Crippen molar-refractivity contribution in [2.45, 2.75) is 26.8 Å². The second-order valence-electron chi connectivity index (χ2n) is 3.99. The van der Waals surface area contributed by atoms with E-state index in [4.69, 9.17) is 5.11 Å². The van der Waals surface area contributed by atoms with Crippen LogP contribution < -0.4 is 5.32 Å². The van der Waals surface area contributed by atoms with E-state index < -0.39 is 0 Å². The van der Waals surface area contributed by atoms with Crippen LogP contribution in [0.2, 0.25) is 0 Å². The second kappa shape index (κ2) is 6.58. The monoisotopic (exact) mass is 211 g/mol. The summed E-state index contributed by atoms with van der Waals surface area (Å²) in [5.74, 6) is 1.60. The Morgan fingerprint density at radius 1 is 1.60 bits per heavy atom. The van der Waals surface area contributed by atoms with Gasteiger partial charge in [0.1, 0.15) is 5.82 Å². The van der Waals surface area contributed by atoms with Gasteiger partial charge < -0.3 is 15.0 Å². The largest absolute Gasteiger partial charge is 0.396 e. The Kier molecular flexibility index (Phi) is 5.36. The Morgan fingerprint density at radius 2 is 2.40 bits per heavy atom. The van der Waals surface area contributed by atoms with Gasteiger partial charge in [0.25, 0.3) is 0 Å². The normalized spacial score (nSPS) is 13.0. The lowest BCUT2D eigenvalue weighted by Crippen LogP contribution is -2.25. The van der Waals surface area contributed by atoms with Crippen molar-refractivity contribution in [1.82, 2.24) is 14.9 Å². The van der Waals surface area contributed by atoms with Crippen LogP contribution in [0.15, 0.2) is 12.4 Å². The number of aryl methyl sites for hydroxylation is 1. The number of hydrogen-bond donors (Lipinski definition) is 2. The number of rotatable bonds is 7. The van der Waals surface area contributed by atoms with Crippen LogP contribution in [0.3, 0.4) is 0 Å². The molecule has 0 aliphatic carbocycles. The third-order valence-electron chi connectivity index (χ3n) is 2.57. The van der Waals surface area contributed by atoms with Gasteiger partial charge >= 0.3 is 0 Å². The predicted molar refractivity (Wildman–Crippen MR) is 60.7 cm³/mol. The molecule has 2 N–H and O–H groups in total. The van der Waals surface area contributed by atoms with Crippen molar-refractivity contribution in [3.8, 4) is 0 Å². The van der Waals surface area contributed by atoms with E-state index >= 15 is 0 Å². The van der Waals surface area contributed by atoms with E-state index in [0.29, 0.717) is 5.92 Å². The zero-order valence-corrected chi connectivity index (χ0v) is 9.61. The molecule has 0 amide bonds. The number of hydrogen-bond acceptors (Lipinski definition) is 3. The number of aromatic nitrogens is 2. The van der Waals surface area contributed by atoms with Crippen molar-refractivity contribution < 1.29 is 5.11 Å². The molecule has 0 fully saturated rings. The first-order valence-electron chi connectivity index (χ1n) is 5.53. The lowest BCUT2D eigenvalue weighted by Gasteiger charge is -2.11. The third-order valence-corrected chi connectivity index (χ3v) is 2.57. The summed E-state index contributed by atoms with van der Waals surface area (Å²) in [7, 11) is 0. The molecule has 4 heteroatoms. The minimum Gasteiger partial charge on any atom is -0.396 e. The molecule has 0 spiro atoms. The molecule has 0 saturated carbocycles. The SMILES string of the molecule is Cc1nccn1CCNCC(C)CCO. The first kappa shape index (κ1) is 12.2. The van der Waals surface area contributed by atoms with Crippen molar-refractivity contribution >= 4 is 0 Å². The van der Waals surface area contributed by atoms with E-state index in [1.54, 1.807) is 0 Å². The van der Waals surface area contributed by atoms with Crippen molar-refractivity contribution in [2.75, 3.05) is 19.7 Å². The summed E-state index contributed by atoms with van der Waals surface area (Å²) < 4.78 is 2.13. The topological polar surface area (TPSA) is 50.1 Å². The van der Waals surface area contributed by atoms with Crippen LogP contribution in [0.4, 0.5) is 0 Å². The average molecular weight is 211 g/mol. The number of aliphatic hydroxyl groups excluding tert-OH is 1. The Bertz CT molecular complexity index is 273. The molecule has 1 atom stereocenters. The number of nitrogens with zero attached hydrogens (tertiary/aromatic N) is 2. The fourth-order valence-electron chi connectivity index (χ4n) is 1.51. The molecule has 0 bridgehead atoms. The van der Waals surface area contributed by atoms with Gasteiger partial charge in [-0.15, -0.1) is 0 Å². The molecule has 1 heterocycles. The molecular weight excluding hydrogens is 190 g/mol. The van der Waals surface area contributed by atoms with Crippen molar-refractivity contribution in [2.24, 2.45) is 5.92 Å². The average Bonchev–Trinajstić information content (AvgIpc) is 2.60. The number of aliphatic hydroxyl groups is 1. The number of imidazole rings is 1. The maximum atomic E-state index is 8.74. The quantitative estimate of drug-likeness (QED) is 0.656. The van der Waals surface area contributed by atoms with Gasteiger partial charge in [0, 0.05) is 32.1 Å². The summed E-state index contributed by atoms with van der Waals surface area (Å²) in [6.07, 6.45) is 4.69. The molecule has 15 heavy (non-hydrogen) atoms. The second-order valence-corrected chi connectivity index (χ2v) is 3.99. The van der Waals surface area contributed by atoms with Crippen molar-refractivity contribution in [3.05, 3.63) is 18.2 Å². The third kappa shape index (κ3) is 4.44. The maximum Gasteiger partial charge on any atom is 0.105 e. The lowest BCUT2D eigenvalue weighted by molar-refractivity contribution is 0.260. The maximum absolute atomic E-state index is 8.74. The van der Waals surface area contributed by atoms with Crippen LogP contribution in [-0.2, 0) is 6.54 Å². The Hall–Kier alpha value is -0.870. The number of nitrogens with one attached hydrogen (secondary N) is 1. The predicted octanol–water partition coefficient (Wildman–Crippen LogP) is 0.800. The minimum absolute atomic E-state index is 0.281. The molecule has 86 valence electrons. The molecule has 1 rings (SSSR count). The summed E-state index contributed by atoms with van der Waals surface area (Å²) in [4.78, 5) is 4.16. The van der Waals surface area contributed by atoms with Crippen LogP contribution in [0, 0.1) is 12.8 Å². The summed E-state index contributed by atoms with van der Waals surface area (Å²) in [5, 5.41) is 12.1. The Balaban J connectivity index is 2.09. The van der Waals surface area contributed by atoms with E-state index in [1.165, 1.54) is 0 Å². The van der Waals surface area contributed by atoms with Gasteiger partial charge in [-0.1, -0.05) is 6.92 Å². The minimum atomic E-state index is 0.281. The van der Waals surface area contributed by atoms with Gasteiger partial charge in [0.15, 0.2) is 0 Å². The molecule has 1 aromatic heterocycles. The molecular formula is C11H21N3O. The highest BCUT2D eigenvalue weighted by atomic mass is 16.3. The summed E-state index contributed by atoms with van der Waals surface area (Å²) in [6.45, 7) is 7.31. The van der Waals surface area contributed by atoms with Crippen LogP contribution in [-0.4, -0.2) is 34.4 Å². The zero-order chi connectivity index (χ0) is 11.1. The van der Waals surface area contributed by atoms with Gasteiger partial charge in [-0.25, -0.2) is 4.98 Å². The highest BCUT2D eigenvalue weighted by Gasteiger charge is 2.00. The first-order chi connectivity index (χ1) is 7.24. The molecule has 1 aromatic rings. The fourth-order valence-corrected chi connectivity index (χ4v) is 1.51. The Labute approximate surface area is 91.3 Å². The first-order valence-corrected chi connectivity index (χ1v) is 5.53. The molecule has 0 radical (unpaired) electrons. The highest BCUT2D eigenvalue weighted by molar-refractivity contribution is 4.88. The molecule has 0 saturated heterocycles. The van der Waals surface area contributed by atoms with E-state index in [-0.39, 0.29) is 6.61 Å².